The third-order valence-corrected chi connectivity index (χ3v) is 4.95. The van der Waals surface area contributed by atoms with Gasteiger partial charge in [0, 0.05) is 25.8 Å². The Balaban J connectivity index is 2.57. The highest BCUT2D eigenvalue weighted by molar-refractivity contribution is 9.13. The summed E-state index contributed by atoms with van der Waals surface area (Å²) >= 11 is 13.1. The number of aromatic nitrogens is 2. The molecule has 2 nitrogen and oxygen atoms in total. The molecule has 0 spiro atoms. The second-order valence-corrected chi connectivity index (χ2v) is 5.96. The first kappa shape index (κ1) is 14.0. The lowest BCUT2D eigenvalue weighted by atomic mass is 10.1. The van der Waals surface area contributed by atoms with Crippen LogP contribution in [0.25, 0.3) is 11.4 Å². The average molecular weight is 391 g/mol. The highest BCUT2D eigenvalue weighted by Gasteiger charge is 2.10. The fourth-order valence-corrected chi connectivity index (χ4v) is 2.46. The van der Waals surface area contributed by atoms with Gasteiger partial charge in [-0.1, -0.05) is 18.5 Å². The molecule has 0 aliphatic rings. The first-order valence-electron chi connectivity index (χ1n) is 5.51. The van der Waals surface area contributed by atoms with E-state index < -0.39 is 0 Å². The number of rotatable bonds is 2. The fraction of sp³-hybridized carbons (Fsp3) is 0.231. The molecule has 0 saturated heterocycles. The van der Waals surface area contributed by atoms with E-state index in [1.54, 1.807) is 0 Å². The van der Waals surface area contributed by atoms with Crippen molar-refractivity contribution in [2.45, 2.75) is 20.3 Å². The lowest BCUT2D eigenvalue weighted by Crippen LogP contribution is -1.99. The first-order valence-corrected chi connectivity index (χ1v) is 7.47. The zero-order valence-corrected chi connectivity index (χ0v) is 13.9. The van der Waals surface area contributed by atoms with Crippen LogP contribution < -0.4 is 0 Å². The molecule has 2 aromatic rings. The smallest absolute Gasteiger partial charge is 0.161 e. The number of halogens is 3. The van der Waals surface area contributed by atoms with Crippen LogP contribution in [0.15, 0.2) is 27.1 Å². The normalized spacial score (nSPS) is 10.7. The Hall–Kier alpha value is -0.450. The van der Waals surface area contributed by atoms with Crippen LogP contribution in [0.2, 0.25) is 5.15 Å². The van der Waals surface area contributed by atoms with Gasteiger partial charge in [-0.05, 0) is 63.4 Å². The Bertz CT molecular complexity index is 600. The van der Waals surface area contributed by atoms with Gasteiger partial charge < -0.3 is 0 Å². The van der Waals surface area contributed by atoms with E-state index in [2.05, 4.69) is 48.8 Å². The molecule has 0 unspecified atom stereocenters. The summed E-state index contributed by atoms with van der Waals surface area (Å²) in [6.45, 7) is 4.01. The zero-order chi connectivity index (χ0) is 13.3. The Morgan fingerprint density at radius 1 is 1.17 bits per heavy atom. The van der Waals surface area contributed by atoms with Crippen LogP contribution in [0.3, 0.4) is 0 Å². The third kappa shape index (κ3) is 2.76. The van der Waals surface area contributed by atoms with Crippen molar-refractivity contribution in [1.82, 2.24) is 9.97 Å². The maximum Gasteiger partial charge on any atom is 0.161 e. The Labute approximate surface area is 128 Å². The predicted octanol–water partition coefficient (Wildman–Crippen LogP) is 5.19. The largest absolute Gasteiger partial charge is 0.233 e. The molecule has 0 bridgehead atoms. The summed E-state index contributed by atoms with van der Waals surface area (Å²) in [5.41, 5.74) is 2.89. The third-order valence-electron chi connectivity index (χ3n) is 2.70. The summed E-state index contributed by atoms with van der Waals surface area (Å²) in [7, 11) is 0. The monoisotopic (exact) mass is 388 g/mol. The quantitative estimate of drug-likeness (QED) is 0.659. The molecule has 1 aromatic carbocycles. The van der Waals surface area contributed by atoms with E-state index in [1.807, 2.05) is 25.1 Å². The van der Waals surface area contributed by atoms with Gasteiger partial charge in [-0.3, -0.25) is 0 Å². The van der Waals surface area contributed by atoms with E-state index >= 15 is 0 Å². The maximum atomic E-state index is 6.15. The molecule has 0 aliphatic carbocycles. The van der Waals surface area contributed by atoms with Crippen LogP contribution in [0, 0.1) is 6.92 Å². The van der Waals surface area contributed by atoms with E-state index in [1.165, 1.54) is 0 Å². The molecule has 1 aromatic heterocycles. The summed E-state index contributed by atoms with van der Waals surface area (Å²) in [5.74, 6) is 0.663. The van der Waals surface area contributed by atoms with E-state index in [-0.39, 0.29) is 0 Å². The highest BCUT2D eigenvalue weighted by atomic mass is 79.9. The Kier molecular flexibility index (Phi) is 4.41. The Morgan fingerprint density at radius 2 is 1.89 bits per heavy atom. The Morgan fingerprint density at radius 3 is 2.50 bits per heavy atom. The highest BCUT2D eigenvalue weighted by Crippen LogP contribution is 2.29. The average Bonchev–Trinajstić information content (AvgIpc) is 2.36. The molecule has 0 amide bonds. The van der Waals surface area contributed by atoms with Gasteiger partial charge in [-0.15, -0.1) is 0 Å². The van der Waals surface area contributed by atoms with Crippen molar-refractivity contribution >= 4 is 43.5 Å². The predicted molar refractivity (Wildman–Crippen MR) is 82.0 cm³/mol. The molecule has 1 heterocycles. The van der Waals surface area contributed by atoms with E-state index in [0.717, 1.165) is 32.2 Å². The molecule has 0 N–H and O–H groups in total. The standard InChI is InChI=1S/C13H11Br2ClN2/c1-3-11-7(2)12(16)18-13(17-11)8-4-5-9(14)10(15)6-8/h4-6H,3H2,1-2H3. The lowest BCUT2D eigenvalue weighted by Gasteiger charge is -2.08. The fourth-order valence-electron chi connectivity index (χ4n) is 1.64. The SMILES string of the molecule is CCc1nc(-c2ccc(Br)c(Br)c2)nc(Cl)c1C. The van der Waals surface area contributed by atoms with Crippen molar-refractivity contribution in [2.24, 2.45) is 0 Å². The van der Waals surface area contributed by atoms with Crippen LogP contribution in [-0.2, 0) is 6.42 Å². The molecule has 0 saturated carbocycles. The van der Waals surface area contributed by atoms with E-state index in [9.17, 15) is 0 Å². The molecule has 2 rings (SSSR count). The van der Waals surface area contributed by atoms with Gasteiger partial charge in [0.25, 0.3) is 0 Å². The van der Waals surface area contributed by atoms with Gasteiger partial charge in [-0.25, -0.2) is 9.97 Å². The van der Waals surface area contributed by atoms with Crippen molar-refractivity contribution < 1.29 is 0 Å². The van der Waals surface area contributed by atoms with Gasteiger partial charge >= 0.3 is 0 Å². The summed E-state index contributed by atoms with van der Waals surface area (Å²) < 4.78 is 1.97. The summed E-state index contributed by atoms with van der Waals surface area (Å²) in [6.07, 6.45) is 0.846. The summed E-state index contributed by atoms with van der Waals surface area (Å²) in [5, 5.41) is 0.524. The molecule has 18 heavy (non-hydrogen) atoms. The van der Waals surface area contributed by atoms with Crippen LogP contribution in [0.4, 0.5) is 0 Å². The van der Waals surface area contributed by atoms with Crippen LogP contribution >= 0.6 is 43.5 Å². The maximum absolute atomic E-state index is 6.15. The minimum absolute atomic E-state index is 0.524. The number of benzene rings is 1. The van der Waals surface area contributed by atoms with Crippen molar-refractivity contribution in [3.8, 4) is 11.4 Å². The van der Waals surface area contributed by atoms with Gasteiger partial charge in [0.1, 0.15) is 5.15 Å². The van der Waals surface area contributed by atoms with Crippen LogP contribution in [0.5, 0.6) is 0 Å². The molecule has 0 fully saturated rings. The van der Waals surface area contributed by atoms with Crippen molar-refractivity contribution in [1.29, 1.82) is 0 Å². The second kappa shape index (κ2) is 5.68. The number of aryl methyl sites for hydroxylation is 1. The molecule has 5 heteroatoms. The minimum Gasteiger partial charge on any atom is -0.233 e. The topological polar surface area (TPSA) is 25.8 Å². The van der Waals surface area contributed by atoms with Crippen LogP contribution in [-0.4, -0.2) is 9.97 Å². The summed E-state index contributed by atoms with van der Waals surface area (Å²) in [4.78, 5) is 8.90. The molecule has 0 aliphatic heterocycles. The van der Waals surface area contributed by atoms with E-state index in [4.69, 9.17) is 11.6 Å². The van der Waals surface area contributed by atoms with Gasteiger partial charge in [0.15, 0.2) is 5.82 Å². The molecule has 0 radical (unpaired) electrons. The summed E-state index contributed by atoms with van der Waals surface area (Å²) in [6, 6.07) is 5.90. The van der Waals surface area contributed by atoms with Crippen LogP contribution in [0.1, 0.15) is 18.2 Å². The molecular formula is C13H11Br2ClN2. The number of hydrogen-bond acceptors (Lipinski definition) is 2. The molecule has 0 atom stereocenters. The molecular weight excluding hydrogens is 379 g/mol. The van der Waals surface area contributed by atoms with E-state index in [0.29, 0.717) is 11.0 Å². The minimum atomic E-state index is 0.524. The lowest BCUT2D eigenvalue weighted by molar-refractivity contribution is 0.976. The van der Waals surface area contributed by atoms with Gasteiger partial charge in [-0.2, -0.15) is 0 Å². The van der Waals surface area contributed by atoms with Crippen molar-refractivity contribution in [3.63, 3.8) is 0 Å². The van der Waals surface area contributed by atoms with Gasteiger partial charge in [0.2, 0.25) is 0 Å². The second-order valence-electron chi connectivity index (χ2n) is 3.89. The van der Waals surface area contributed by atoms with Gasteiger partial charge in [0.05, 0.1) is 0 Å². The number of hydrogen-bond donors (Lipinski definition) is 0. The van der Waals surface area contributed by atoms with Crippen molar-refractivity contribution in [2.75, 3.05) is 0 Å². The number of nitrogens with zero attached hydrogens (tertiary/aromatic N) is 2. The zero-order valence-electron chi connectivity index (χ0n) is 9.97. The first-order chi connectivity index (χ1) is 8.52. The van der Waals surface area contributed by atoms with Crippen molar-refractivity contribution in [3.05, 3.63) is 43.6 Å². The molecule has 94 valence electrons.